The molecule has 1 aromatic heterocycles. The van der Waals surface area contributed by atoms with Crippen molar-refractivity contribution in [1.29, 1.82) is 0 Å². The van der Waals surface area contributed by atoms with Crippen LogP contribution in [0.15, 0.2) is 48.7 Å². The van der Waals surface area contributed by atoms with Gasteiger partial charge in [-0.05, 0) is 55.9 Å². The van der Waals surface area contributed by atoms with Crippen LogP contribution in [0.25, 0.3) is 10.8 Å². The minimum absolute atomic E-state index is 0.204. The third-order valence-electron chi connectivity index (χ3n) is 6.15. The number of aliphatic hydroxyl groups excluding tert-OH is 1. The lowest BCUT2D eigenvalue weighted by molar-refractivity contribution is 0.0869. The molecule has 1 atom stereocenters. The second-order valence-electron chi connectivity index (χ2n) is 8.90. The molecule has 192 valence electrons. The smallest absolute Gasteiger partial charge is 0.251 e. The van der Waals surface area contributed by atoms with Crippen molar-refractivity contribution in [3.8, 4) is 23.7 Å². The van der Waals surface area contributed by atoms with Gasteiger partial charge in [-0.1, -0.05) is 56.9 Å². The van der Waals surface area contributed by atoms with Crippen LogP contribution in [0.3, 0.4) is 0 Å². The van der Waals surface area contributed by atoms with Gasteiger partial charge >= 0.3 is 0 Å². The molecule has 0 saturated carbocycles. The summed E-state index contributed by atoms with van der Waals surface area (Å²) in [4.78, 5) is 18.9. The number of nitrogens with two attached hydrogens (primary N) is 1. The van der Waals surface area contributed by atoms with E-state index in [9.17, 15) is 9.90 Å². The Kier molecular flexibility index (Phi) is 10.5. The topological polar surface area (TPSA) is 91.5 Å². The molecule has 1 amide bonds. The van der Waals surface area contributed by atoms with Crippen LogP contribution in [0.1, 0.15) is 67.1 Å². The number of nitrogens with one attached hydrogen (secondary N) is 1. The van der Waals surface area contributed by atoms with E-state index >= 15 is 0 Å². The molecular formula is C31H36N4O2. The maximum absolute atomic E-state index is 12.5. The van der Waals surface area contributed by atoms with Crippen LogP contribution in [0, 0.1) is 23.7 Å². The second kappa shape index (κ2) is 14.0. The van der Waals surface area contributed by atoms with E-state index in [2.05, 4.69) is 45.8 Å². The molecule has 4 N–H and O–H groups in total. The Labute approximate surface area is 220 Å². The second-order valence-corrected chi connectivity index (χ2v) is 8.90. The molecule has 37 heavy (non-hydrogen) atoms. The zero-order valence-electron chi connectivity index (χ0n) is 22.0. The highest BCUT2D eigenvalue weighted by Gasteiger charge is 2.12. The molecule has 0 aliphatic rings. The summed E-state index contributed by atoms with van der Waals surface area (Å²) < 4.78 is 0. The molecule has 0 radical (unpaired) electrons. The van der Waals surface area contributed by atoms with Gasteiger partial charge in [0.15, 0.2) is 0 Å². The number of fused-ring (bicyclic) bond motifs is 1. The Morgan fingerprint density at radius 3 is 2.49 bits per heavy atom. The maximum atomic E-state index is 12.5. The summed E-state index contributed by atoms with van der Waals surface area (Å²) in [6.45, 7) is 8.70. The van der Waals surface area contributed by atoms with Crippen LogP contribution in [0.4, 0.5) is 5.82 Å². The van der Waals surface area contributed by atoms with Crippen molar-refractivity contribution in [3.05, 3.63) is 70.9 Å². The first-order valence-corrected chi connectivity index (χ1v) is 12.9. The summed E-state index contributed by atoms with van der Waals surface area (Å²) in [6, 6.07) is 13.0. The molecule has 2 aromatic carbocycles. The molecule has 6 nitrogen and oxygen atoms in total. The number of benzene rings is 2. The molecule has 0 spiro atoms. The van der Waals surface area contributed by atoms with Gasteiger partial charge in [0.2, 0.25) is 0 Å². The Hall–Kier alpha value is -3.84. The van der Waals surface area contributed by atoms with Crippen LogP contribution in [-0.4, -0.2) is 53.2 Å². The predicted octanol–water partition coefficient (Wildman–Crippen LogP) is 4.19. The highest BCUT2D eigenvalue weighted by atomic mass is 16.3. The average molecular weight is 497 g/mol. The van der Waals surface area contributed by atoms with Crippen LogP contribution < -0.4 is 11.1 Å². The van der Waals surface area contributed by atoms with Gasteiger partial charge in [-0.25, -0.2) is 4.98 Å². The van der Waals surface area contributed by atoms with E-state index in [1.54, 1.807) is 30.5 Å². The molecule has 3 rings (SSSR count). The number of rotatable bonds is 9. The summed E-state index contributed by atoms with van der Waals surface area (Å²) >= 11 is 0. The number of anilines is 1. The van der Waals surface area contributed by atoms with Crippen LogP contribution in [0.5, 0.6) is 0 Å². The highest BCUT2D eigenvalue weighted by Crippen LogP contribution is 2.23. The number of hydrogen-bond acceptors (Lipinski definition) is 5. The van der Waals surface area contributed by atoms with Crippen LogP contribution >= 0.6 is 0 Å². The number of carbonyl (C=O) groups excluding carboxylic acids is 1. The normalized spacial score (nSPS) is 11.4. The van der Waals surface area contributed by atoms with Crippen molar-refractivity contribution in [2.75, 3.05) is 31.9 Å². The number of unbranched alkanes of at least 4 members (excludes halogenated alkanes) is 2. The lowest BCUT2D eigenvalue weighted by atomic mass is 10.0. The first-order valence-electron chi connectivity index (χ1n) is 12.9. The Balaban J connectivity index is 1.72. The first kappa shape index (κ1) is 27.7. The van der Waals surface area contributed by atoms with Crippen molar-refractivity contribution < 1.29 is 9.90 Å². The summed E-state index contributed by atoms with van der Waals surface area (Å²) in [5.41, 5.74) is 9.04. The number of pyridine rings is 1. The van der Waals surface area contributed by atoms with Crippen molar-refractivity contribution in [2.24, 2.45) is 0 Å². The molecule has 0 aliphatic carbocycles. The summed E-state index contributed by atoms with van der Waals surface area (Å²) in [6.07, 6.45) is 4.23. The number of amides is 1. The molecule has 3 aromatic rings. The molecular weight excluding hydrogens is 460 g/mol. The van der Waals surface area contributed by atoms with Crippen molar-refractivity contribution in [3.63, 3.8) is 0 Å². The fourth-order valence-corrected chi connectivity index (χ4v) is 3.86. The largest absolute Gasteiger partial charge is 0.390 e. The summed E-state index contributed by atoms with van der Waals surface area (Å²) in [5, 5.41) is 14.8. The van der Waals surface area contributed by atoms with E-state index in [0.717, 1.165) is 54.3 Å². The van der Waals surface area contributed by atoms with Gasteiger partial charge in [0.25, 0.3) is 5.91 Å². The number of hydrogen-bond donors (Lipinski definition) is 3. The number of aromatic nitrogens is 1. The molecule has 0 saturated heterocycles. The number of nitrogens with zero attached hydrogens (tertiary/aromatic N) is 2. The minimum Gasteiger partial charge on any atom is -0.390 e. The minimum atomic E-state index is -0.614. The summed E-state index contributed by atoms with van der Waals surface area (Å²) in [5.74, 6) is 12.9. The maximum Gasteiger partial charge on any atom is 0.251 e. The Morgan fingerprint density at radius 1 is 1.05 bits per heavy atom. The number of nitrogen functional groups attached to an aromatic ring is 1. The third kappa shape index (κ3) is 8.08. The fourth-order valence-electron chi connectivity index (χ4n) is 3.86. The van der Waals surface area contributed by atoms with E-state index in [0.29, 0.717) is 23.5 Å². The number of aliphatic hydroxyl groups is 1. The predicted molar refractivity (Wildman–Crippen MR) is 151 cm³/mol. The van der Waals surface area contributed by atoms with Gasteiger partial charge < -0.3 is 21.1 Å². The number of carbonyl (C=O) groups is 1. The molecule has 6 heteroatoms. The zero-order chi connectivity index (χ0) is 26.6. The van der Waals surface area contributed by atoms with Gasteiger partial charge in [0, 0.05) is 53.2 Å². The fraction of sp³-hybridized carbons (Fsp3) is 0.355. The lowest BCUT2D eigenvalue weighted by Crippen LogP contribution is -2.40. The van der Waals surface area contributed by atoms with Gasteiger partial charge in [-0.15, -0.1) is 0 Å². The highest BCUT2D eigenvalue weighted by molar-refractivity contribution is 5.94. The molecule has 0 fully saturated rings. The van der Waals surface area contributed by atoms with E-state index in [1.165, 1.54) is 0 Å². The zero-order valence-corrected chi connectivity index (χ0v) is 22.0. The average Bonchev–Trinajstić information content (AvgIpc) is 2.92. The van der Waals surface area contributed by atoms with Crippen molar-refractivity contribution in [2.45, 2.75) is 46.1 Å². The lowest BCUT2D eigenvalue weighted by Gasteiger charge is -2.22. The molecule has 1 unspecified atom stereocenters. The van der Waals surface area contributed by atoms with E-state index in [1.807, 2.05) is 32.0 Å². The van der Waals surface area contributed by atoms with Crippen LogP contribution in [0.2, 0.25) is 0 Å². The summed E-state index contributed by atoms with van der Waals surface area (Å²) in [7, 11) is 0. The van der Waals surface area contributed by atoms with Gasteiger partial charge in [-0.3, -0.25) is 4.79 Å². The Morgan fingerprint density at radius 2 is 1.78 bits per heavy atom. The molecule has 0 bridgehead atoms. The van der Waals surface area contributed by atoms with Gasteiger partial charge in [0.05, 0.1) is 11.7 Å². The SMILES string of the molecule is CCCCC#Cc1ccc2cnc(N)c(C#Cc3ccc(C(=O)NCC(O)CN(CC)CC)cc3)c2c1. The van der Waals surface area contributed by atoms with Gasteiger partial charge in [0.1, 0.15) is 5.82 Å². The van der Waals surface area contributed by atoms with E-state index in [4.69, 9.17) is 5.73 Å². The quantitative estimate of drug-likeness (QED) is 0.305. The van der Waals surface area contributed by atoms with E-state index < -0.39 is 6.10 Å². The first-order chi connectivity index (χ1) is 17.9. The van der Waals surface area contributed by atoms with E-state index in [-0.39, 0.29) is 12.5 Å². The van der Waals surface area contributed by atoms with Crippen LogP contribution in [-0.2, 0) is 0 Å². The molecule has 1 heterocycles. The standard InChI is InChI=1S/C31H36N4O2/c1-4-7-8-9-10-24-13-17-26-20-33-30(32)28(29(26)19-24)18-14-23-11-15-25(16-12-23)31(37)34-21-27(36)22-35(5-2)6-3/h11-13,15-17,19-20,27,36H,4-8,21-22H2,1-3H3,(H2,32,33)(H,34,37). The van der Waals surface area contributed by atoms with Crippen molar-refractivity contribution >= 4 is 22.5 Å². The van der Waals surface area contributed by atoms with Crippen molar-refractivity contribution in [1.82, 2.24) is 15.2 Å². The van der Waals surface area contributed by atoms with Gasteiger partial charge in [-0.2, -0.15) is 0 Å². The monoisotopic (exact) mass is 496 g/mol. The third-order valence-corrected chi connectivity index (χ3v) is 6.15. The Bertz CT molecular complexity index is 1320. The number of likely N-dealkylation sites (N-methyl/N-ethyl adjacent to an activating group) is 1. The molecule has 0 aliphatic heterocycles.